The summed E-state index contributed by atoms with van der Waals surface area (Å²) in [5.74, 6) is 3.50. The molecule has 2 unspecified atom stereocenters. The maximum Gasteiger partial charge on any atom is 0.162 e. The highest BCUT2D eigenvalue weighted by molar-refractivity contribution is 7.99. The highest BCUT2D eigenvalue weighted by atomic mass is 32.2. The van der Waals surface area contributed by atoms with Crippen LogP contribution in [0.3, 0.4) is 0 Å². The number of fused-ring (bicyclic) bond motifs is 1. The fraction of sp³-hybridized carbons (Fsp3) is 0.600. The molecule has 19 heavy (non-hydrogen) atoms. The summed E-state index contributed by atoms with van der Waals surface area (Å²) >= 11 is 1.87. The average Bonchev–Trinajstić information content (AvgIpc) is 2.47. The summed E-state index contributed by atoms with van der Waals surface area (Å²) in [5, 5.41) is 3.41. The van der Waals surface area contributed by atoms with Crippen molar-refractivity contribution in [1.82, 2.24) is 5.32 Å². The SMILES string of the molecule is CCC(C)C(CSc1ccc2c(c1)OCCO2)NC. The van der Waals surface area contributed by atoms with Gasteiger partial charge < -0.3 is 14.8 Å². The van der Waals surface area contributed by atoms with Crippen molar-refractivity contribution in [3.05, 3.63) is 18.2 Å². The van der Waals surface area contributed by atoms with Crippen LogP contribution < -0.4 is 14.8 Å². The van der Waals surface area contributed by atoms with Crippen molar-refractivity contribution < 1.29 is 9.47 Å². The van der Waals surface area contributed by atoms with Crippen LogP contribution in [0.25, 0.3) is 0 Å². The predicted molar refractivity (Wildman–Crippen MR) is 80.5 cm³/mol. The number of rotatable bonds is 6. The summed E-state index contributed by atoms with van der Waals surface area (Å²) in [7, 11) is 2.04. The third kappa shape index (κ3) is 3.80. The van der Waals surface area contributed by atoms with Crippen molar-refractivity contribution in [2.75, 3.05) is 26.0 Å². The first-order chi connectivity index (χ1) is 9.24. The number of ether oxygens (including phenoxy) is 2. The van der Waals surface area contributed by atoms with Crippen molar-refractivity contribution in [2.24, 2.45) is 5.92 Å². The third-order valence-electron chi connectivity index (χ3n) is 3.64. The van der Waals surface area contributed by atoms with Crippen molar-refractivity contribution in [1.29, 1.82) is 0 Å². The van der Waals surface area contributed by atoms with Gasteiger partial charge in [-0.3, -0.25) is 0 Å². The molecule has 2 atom stereocenters. The first-order valence-corrected chi connectivity index (χ1v) is 7.92. The van der Waals surface area contributed by atoms with E-state index in [1.807, 2.05) is 24.9 Å². The molecule has 0 aliphatic carbocycles. The zero-order chi connectivity index (χ0) is 13.7. The van der Waals surface area contributed by atoms with Gasteiger partial charge >= 0.3 is 0 Å². The Kier molecular flexibility index (Phi) is 5.40. The summed E-state index contributed by atoms with van der Waals surface area (Å²) < 4.78 is 11.1. The van der Waals surface area contributed by atoms with E-state index >= 15 is 0 Å². The molecule has 0 saturated carbocycles. The van der Waals surface area contributed by atoms with Crippen LogP contribution in [0, 0.1) is 5.92 Å². The lowest BCUT2D eigenvalue weighted by molar-refractivity contribution is 0.171. The van der Waals surface area contributed by atoms with E-state index in [2.05, 4.69) is 31.3 Å². The summed E-state index contributed by atoms with van der Waals surface area (Å²) in [6, 6.07) is 6.75. The molecule has 0 amide bonds. The van der Waals surface area contributed by atoms with Gasteiger partial charge in [-0.15, -0.1) is 11.8 Å². The van der Waals surface area contributed by atoms with Crippen molar-refractivity contribution in [3.8, 4) is 11.5 Å². The van der Waals surface area contributed by atoms with Crippen LogP contribution in [0.4, 0.5) is 0 Å². The Morgan fingerprint density at radius 2 is 2.00 bits per heavy atom. The molecule has 1 N–H and O–H groups in total. The third-order valence-corrected chi connectivity index (χ3v) is 4.76. The zero-order valence-corrected chi connectivity index (χ0v) is 12.8. The lowest BCUT2D eigenvalue weighted by atomic mass is 10.0. The van der Waals surface area contributed by atoms with Crippen LogP contribution in [-0.4, -0.2) is 32.1 Å². The molecule has 1 aromatic carbocycles. The van der Waals surface area contributed by atoms with Crippen LogP contribution in [0.5, 0.6) is 11.5 Å². The summed E-state index contributed by atoms with van der Waals surface area (Å²) in [6.45, 7) is 5.83. The molecule has 0 saturated heterocycles. The maximum atomic E-state index is 5.61. The largest absolute Gasteiger partial charge is 0.486 e. The summed E-state index contributed by atoms with van der Waals surface area (Å²) in [6.07, 6.45) is 1.20. The summed E-state index contributed by atoms with van der Waals surface area (Å²) in [4.78, 5) is 1.24. The van der Waals surface area contributed by atoms with Crippen LogP contribution in [0.15, 0.2) is 23.1 Å². The van der Waals surface area contributed by atoms with E-state index in [9.17, 15) is 0 Å². The molecule has 0 aromatic heterocycles. The molecule has 1 aliphatic rings. The van der Waals surface area contributed by atoms with Crippen molar-refractivity contribution >= 4 is 11.8 Å². The van der Waals surface area contributed by atoms with Crippen LogP contribution in [0.2, 0.25) is 0 Å². The molecule has 1 aliphatic heterocycles. The molecule has 0 radical (unpaired) electrons. The van der Waals surface area contributed by atoms with Gasteiger partial charge in [0.25, 0.3) is 0 Å². The average molecular weight is 281 g/mol. The second-order valence-corrected chi connectivity index (χ2v) is 5.99. The van der Waals surface area contributed by atoms with Crippen molar-refractivity contribution in [2.45, 2.75) is 31.2 Å². The molecule has 0 spiro atoms. The van der Waals surface area contributed by atoms with E-state index in [1.165, 1.54) is 11.3 Å². The van der Waals surface area contributed by atoms with E-state index in [-0.39, 0.29) is 0 Å². The highest BCUT2D eigenvalue weighted by Gasteiger charge is 2.15. The van der Waals surface area contributed by atoms with Gasteiger partial charge in [-0.25, -0.2) is 0 Å². The number of benzene rings is 1. The van der Waals surface area contributed by atoms with Gasteiger partial charge in [0.05, 0.1) is 0 Å². The molecule has 2 rings (SSSR count). The van der Waals surface area contributed by atoms with Gasteiger partial charge in [-0.2, -0.15) is 0 Å². The topological polar surface area (TPSA) is 30.5 Å². The monoisotopic (exact) mass is 281 g/mol. The molecule has 0 bridgehead atoms. The smallest absolute Gasteiger partial charge is 0.162 e. The van der Waals surface area contributed by atoms with Crippen LogP contribution >= 0.6 is 11.8 Å². The molecular formula is C15H23NO2S. The number of hydrogen-bond acceptors (Lipinski definition) is 4. The Balaban J connectivity index is 1.95. The Hall–Kier alpha value is -0.870. The van der Waals surface area contributed by atoms with E-state index in [1.54, 1.807) is 0 Å². The molecular weight excluding hydrogens is 258 g/mol. The number of hydrogen-bond donors (Lipinski definition) is 1. The van der Waals surface area contributed by atoms with E-state index in [0.717, 1.165) is 17.3 Å². The molecule has 4 heteroatoms. The minimum Gasteiger partial charge on any atom is -0.486 e. The minimum atomic E-state index is 0.545. The van der Waals surface area contributed by atoms with Gasteiger partial charge in [0.15, 0.2) is 11.5 Å². The van der Waals surface area contributed by atoms with Crippen LogP contribution in [-0.2, 0) is 0 Å². The number of nitrogens with one attached hydrogen (secondary N) is 1. The van der Waals surface area contributed by atoms with Gasteiger partial charge in [0.2, 0.25) is 0 Å². The fourth-order valence-corrected chi connectivity index (χ4v) is 3.34. The number of thioether (sulfide) groups is 1. The van der Waals surface area contributed by atoms with E-state index < -0.39 is 0 Å². The lowest BCUT2D eigenvalue weighted by Gasteiger charge is -2.22. The van der Waals surface area contributed by atoms with Gasteiger partial charge in [-0.05, 0) is 31.2 Å². The van der Waals surface area contributed by atoms with Gasteiger partial charge in [-0.1, -0.05) is 20.3 Å². The zero-order valence-electron chi connectivity index (χ0n) is 11.9. The predicted octanol–water partition coefficient (Wildman–Crippen LogP) is 3.18. The molecule has 1 aromatic rings. The molecule has 1 heterocycles. The Morgan fingerprint density at radius 1 is 1.26 bits per heavy atom. The fourth-order valence-electron chi connectivity index (χ4n) is 2.12. The lowest BCUT2D eigenvalue weighted by Crippen LogP contribution is -2.34. The van der Waals surface area contributed by atoms with Crippen molar-refractivity contribution in [3.63, 3.8) is 0 Å². The quantitative estimate of drug-likeness (QED) is 0.811. The Labute approximate surface area is 120 Å². The standard InChI is InChI=1S/C15H23NO2S/c1-4-11(2)13(16-3)10-19-12-5-6-14-15(9-12)18-8-7-17-14/h5-6,9,11,13,16H,4,7-8,10H2,1-3H3. The molecule has 106 valence electrons. The minimum absolute atomic E-state index is 0.545. The second-order valence-electron chi connectivity index (χ2n) is 4.90. The summed E-state index contributed by atoms with van der Waals surface area (Å²) in [5.41, 5.74) is 0. The first kappa shape index (κ1) is 14.5. The van der Waals surface area contributed by atoms with Gasteiger partial charge in [0, 0.05) is 16.7 Å². The van der Waals surface area contributed by atoms with Crippen LogP contribution in [0.1, 0.15) is 20.3 Å². The Bertz CT molecular complexity index is 411. The second kappa shape index (κ2) is 7.06. The van der Waals surface area contributed by atoms with E-state index in [0.29, 0.717) is 25.2 Å². The van der Waals surface area contributed by atoms with Gasteiger partial charge in [0.1, 0.15) is 13.2 Å². The first-order valence-electron chi connectivity index (χ1n) is 6.94. The normalized spacial score (nSPS) is 17.0. The molecule has 0 fully saturated rings. The highest BCUT2D eigenvalue weighted by Crippen LogP contribution is 2.34. The molecule has 3 nitrogen and oxygen atoms in total. The Morgan fingerprint density at radius 3 is 2.68 bits per heavy atom. The van der Waals surface area contributed by atoms with E-state index in [4.69, 9.17) is 9.47 Å². The maximum absolute atomic E-state index is 5.61.